The number of aliphatic hydroxyl groups is 1. The number of amides is 1. The quantitative estimate of drug-likeness (QED) is 0.470. The van der Waals surface area contributed by atoms with E-state index in [-0.39, 0.29) is 17.7 Å². The lowest BCUT2D eigenvalue weighted by Crippen LogP contribution is -2.46. The van der Waals surface area contributed by atoms with Gasteiger partial charge in [-0.15, -0.1) is 0 Å². The highest BCUT2D eigenvalue weighted by Gasteiger charge is 2.43. The van der Waals surface area contributed by atoms with Gasteiger partial charge < -0.3 is 19.6 Å². The number of rotatable bonds is 1. The van der Waals surface area contributed by atoms with Crippen LogP contribution in [-0.4, -0.2) is 55.0 Å². The van der Waals surface area contributed by atoms with Crippen LogP contribution in [0.4, 0.5) is 5.69 Å². The number of fused-ring (bicyclic) bond motifs is 3. The molecular weight excluding hydrogens is 512 g/mol. The first-order valence-corrected chi connectivity index (χ1v) is 14.5. The van der Waals surface area contributed by atoms with Gasteiger partial charge in [0, 0.05) is 37.1 Å². The number of benzene rings is 2. The van der Waals surface area contributed by atoms with E-state index in [4.69, 9.17) is 16.3 Å². The number of hydrogen-bond acceptors (Lipinski definition) is 5. The van der Waals surface area contributed by atoms with Gasteiger partial charge in [0.25, 0.3) is 0 Å². The van der Waals surface area contributed by atoms with Gasteiger partial charge in [-0.05, 0) is 92.8 Å². The van der Waals surface area contributed by atoms with Crippen LogP contribution in [-0.2, 0) is 27.0 Å². The summed E-state index contributed by atoms with van der Waals surface area (Å²) in [6.07, 6.45) is 10.9. The second-order valence-electron chi connectivity index (χ2n) is 11.5. The van der Waals surface area contributed by atoms with Crippen molar-refractivity contribution >= 4 is 29.0 Å². The average Bonchev–Trinajstić information content (AvgIpc) is 3.06. The third-order valence-electron chi connectivity index (χ3n) is 8.78. The van der Waals surface area contributed by atoms with Crippen molar-refractivity contribution in [2.75, 3.05) is 38.2 Å². The van der Waals surface area contributed by atoms with Crippen molar-refractivity contribution in [2.45, 2.75) is 69.3 Å². The lowest BCUT2D eigenvalue weighted by molar-refractivity contribution is -0.146. The molecule has 0 radical (unpaired) electrons. The molecule has 0 aromatic heterocycles. The van der Waals surface area contributed by atoms with Gasteiger partial charge >= 0.3 is 0 Å². The molecule has 1 amide bonds. The number of carbonyl (C=O) groups is 2. The van der Waals surface area contributed by atoms with E-state index in [9.17, 15) is 14.7 Å². The fourth-order valence-electron chi connectivity index (χ4n) is 6.38. The summed E-state index contributed by atoms with van der Waals surface area (Å²) >= 11 is 6.37. The van der Waals surface area contributed by atoms with Crippen molar-refractivity contribution in [1.82, 2.24) is 4.90 Å². The molecule has 7 heteroatoms. The van der Waals surface area contributed by atoms with E-state index in [1.807, 2.05) is 18.2 Å². The molecule has 2 aromatic carbocycles. The Morgan fingerprint density at radius 3 is 2.69 bits per heavy atom. The maximum absolute atomic E-state index is 13.1. The highest BCUT2D eigenvalue weighted by molar-refractivity contribution is 6.30. The zero-order valence-electron chi connectivity index (χ0n) is 23.0. The molecule has 2 aliphatic heterocycles. The zero-order valence-corrected chi connectivity index (χ0v) is 23.8. The SMILES string of the molecule is CC(=O)[C@]1(O)CC(=O)N(C)CC/C=C/CCCCN2C[C@@]3(CCCc4cc(Cl)ccc43)COc3ccc1cc32. The molecule has 1 spiro atoms. The van der Waals surface area contributed by atoms with Gasteiger partial charge in [-0.1, -0.05) is 35.9 Å². The van der Waals surface area contributed by atoms with E-state index in [0.717, 1.165) is 74.5 Å². The molecule has 0 saturated heterocycles. The van der Waals surface area contributed by atoms with Crippen LogP contribution >= 0.6 is 11.6 Å². The number of allylic oxidation sites excluding steroid dienone is 1. The predicted octanol–water partition coefficient (Wildman–Crippen LogP) is 5.57. The van der Waals surface area contributed by atoms with E-state index in [1.54, 1.807) is 18.0 Å². The number of carbonyl (C=O) groups excluding carboxylic acids is 2. The summed E-state index contributed by atoms with van der Waals surface area (Å²) in [4.78, 5) is 29.9. The lowest BCUT2D eigenvalue weighted by atomic mass is 9.70. The van der Waals surface area contributed by atoms with Crippen LogP contribution in [0.25, 0.3) is 0 Å². The molecule has 2 aromatic rings. The second kappa shape index (κ2) is 11.3. The van der Waals surface area contributed by atoms with Gasteiger partial charge in [0.15, 0.2) is 11.4 Å². The summed E-state index contributed by atoms with van der Waals surface area (Å²) in [5, 5.41) is 12.4. The van der Waals surface area contributed by atoms with Crippen LogP contribution in [0.3, 0.4) is 0 Å². The third kappa shape index (κ3) is 5.59. The van der Waals surface area contributed by atoms with Crippen LogP contribution in [0.5, 0.6) is 5.75 Å². The zero-order chi connectivity index (χ0) is 27.6. The fourth-order valence-corrected chi connectivity index (χ4v) is 6.58. The van der Waals surface area contributed by atoms with Gasteiger partial charge in [-0.25, -0.2) is 0 Å². The van der Waals surface area contributed by atoms with Crippen molar-refractivity contribution in [3.63, 3.8) is 0 Å². The number of nitrogens with zero attached hydrogens (tertiary/aromatic N) is 2. The van der Waals surface area contributed by atoms with Gasteiger partial charge in [-0.2, -0.15) is 0 Å². The summed E-state index contributed by atoms with van der Waals surface area (Å²) in [6.45, 7) is 4.05. The van der Waals surface area contributed by atoms with Crippen LogP contribution in [0.2, 0.25) is 5.02 Å². The van der Waals surface area contributed by atoms with Crippen LogP contribution in [0, 0.1) is 0 Å². The number of ketones is 1. The molecule has 5 rings (SSSR count). The minimum Gasteiger partial charge on any atom is -0.490 e. The summed E-state index contributed by atoms with van der Waals surface area (Å²) in [6, 6.07) is 11.7. The number of aryl methyl sites for hydroxylation is 1. The highest BCUT2D eigenvalue weighted by Crippen LogP contribution is 2.45. The Morgan fingerprint density at radius 2 is 1.87 bits per heavy atom. The Labute approximate surface area is 236 Å². The van der Waals surface area contributed by atoms with Crippen LogP contribution < -0.4 is 9.64 Å². The number of ether oxygens (including phenoxy) is 1. The molecule has 2 atom stereocenters. The second-order valence-corrected chi connectivity index (χ2v) is 11.9. The van der Waals surface area contributed by atoms with Crippen molar-refractivity contribution in [3.05, 3.63) is 70.3 Å². The first kappa shape index (κ1) is 27.7. The summed E-state index contributed by atoms with van der Waals surface area (Å²) in [5.41, 5.74) is 1.80. The first-order chi connectivity index (χ1) is 18.7. The third-order valence-corrected chi connectivity index (χ3v) is 9.01. The van der Waals surface area contributed by atoms with Crippen molar-refractivity contribution in [3.8, 4) is 5.75 Å². The standard InChI is InChI=1S/C32H39ClN2O4/c1-23(36)32(38)20-30(37)34(2)16-7-5-3-4-6-8-17-35-21-31(22-39-29-14-11-25(32)19-28(29)35)15-9-10-24-18-26(33)12-13-27(24)31/h3,5,11-14,18-19,38H,4,6-10,15-17,20-22H2,1-2H3/b5-3+/t31-,32+/m0/s1. The van der Waals surface area contributed by atoms with E-state index in [0.29, 0.717) is 18.7 Å². The summed E-state index contributed by atoms with van der Waals surface area (Å²) in [7, 11) is 1.72. The molecule has 1 aliphatic carbocycles. The van der Waals surface area contributed by atoms with E-state index >= 15 is 0 Å². The molecule has 2 heterocycles. The van der Waals surface area contributed by atoms with Crippen LogP contribution in [0.1, 0.15) is 68.6 Å². The molecule has 0 fully saturated rings. The van der Waals surface area contributed by atoms with E-state index < -0.39 is 11.4 Å². The van der Waals surface area contributed by atoms with Crippen molar-refractivity contribution < 1.29 is 19.4 Å². The molecule has 208 valence electrons. The maximum Gasteiger partial charge on any atom is 0.226 e. The van der Waals surface area contributed by atoms with Gasteiger partial charge in [0.1, 0.15) is 5.75 Å². The van der Waals surface area contributed by atoms with Crippen molar-refractivity contribution in [1.29, 1.82) is 0 Å². The van der Waals surface area contributed by atoms with E-state index in [2.05, 4.69) is 29.2 Å². The lowest BCUT2D eigenvalue weighted by Gasteiger charge is -2.41. The predicted molar refractivity (Wildman–Crippen MR) is 155 cm³/mol. The molecule has 0 unspecified atom stereocenters. The summed E-state index contributed by atoms with van der Waals surface area (Å²) in [5.74, 6) is 0.0422. The molecule has 3 aliphatic rings. The maximum atomic E-state index is 13.1. The van der Waals surface area contributed by atoms with Crippen molar-refractivity contribution in [2.24, 2.45) is 0 Å². The number of hydrogen-bond donors (Lipinski definition) is 1. The molecular formula is C32H39ClN2O4. The van der Waals surface area contributed by atoms with E-state index in [1.165, 1.54) is 18.1 Å². The normalized spacial score (nSPS) is 26.9. The largest absolute Gasteiger partial charge is 0.490 e. The Bertz CT molecular complexity index is 1280. The molecule has 0 saturated carbocycles. The van der Waals surface area contributed by atoms with Crippen LogP contribution in [0.15, 0.2) is 48.6 Å². The Hall–Kier alpha value is -2.83. The molecule has 39 heavy (non-hydrogen) atoms. The Balaban J connectivity index is 1.57. The molecule has 1 N–H and O–H groups in total. The monoisotopic (exact) mass is 550 g/mol. The number of anilines is 1. The van der Waals surface area contributed by atoms with Gasteiger partial charge in [-0.3, -0.25) is 9.59 Å². The topological polar surface area (TPSA) is 70.1 Å². The highest BCUT2D eigenvalue weighted by atomic mass is 35.5. The Kier molecular flexibility index (Phi) is 8.06. The number of halogens is 1. The molecule has 2 bridgehead atoms. The Morgan fingerprint density at radius 1 is 1.05 bits per heavy atom. The average molecular weight is 551 g/mol. The summed E-state index contributed by atoms with van der Waals surface area (Å²) < 4.78 is 6.53. The minimum atomic E-state index is -1.91. The van der Waals surface area contributed by atoms with Gasteiger partial charge in [0.2, 0.25) is 5.91 Å². The fraction of sp³-hybridized carbons (Fsp3) is 0.500. The number of Topliss-reactive ketones (excluding diaryl/α,β-unsaturated/α-hetero) is 1. The van der Waals surface area contributed by atoms with Gasteiger partial charge in [0.05, 0.1) is 18.7 Å². The molecule has 6 nitrogen and oxygen atoms in total. The first-order valence-electron chi connectivity index (χ1n) is 14.2. The smallest absolute Gasteiger partial charge is 0.226 e. The minimum absolute atomic E-state index is 0.187.